The van der Waals surface area contributed by atoms with Gasteiger partial charge in [0, 0.05) is 12.0 Å². The highest BCUT2D eigenvalue weighted by Crippen LogP contribution is 2.27. The molecule has 0 spiro atoms. The molecule has 2 nitrogen and oxygen atoms in total. The highest BCUT2D eigenvalue weighted by atomic mass is 16.5. The van der Waals surface area contributed by atoms with Gasteiger partial charge in [-0.15, -0.1) is 0 Å². The van der Waals surface area contributed by atoms with E-state index in [9.17, 15) is 5.11 Å². The van der Waals surface area contributed by atoms with E-state index >= 15 is 0 Å². The van der Waals surface area contributed by atoms with E-state index in [0.717, 1.165) is 12.0 Å². The normalized spacial score (nSPS) is 13.8. The van der Waals surface area contributed by atoms with Crippen LogP contribution in [0.5, 0.6) is 0 Å². The summed E-state index contributed by atoms with van der Waals surface area (Å²) >= 11 is 0. The first-order chi connectivity index (χ1) is 7.59. The zero-order valence-corrected chi connectivity index (χ0v) is 10.4. The van der Waals surface area contributed by atoms with Gasteiger partial charge in [-0.25, -0.2) is 0 Å². The van der Waals surface area contributed by atoms with Gasteiger partial charge in [-0.05, 0) is 12.0 Å². The van der Waals surface area contributed by atoms with E-state index in [-0.39, 0.29) is 5.41 Å². The first kappa shape index (κ1) is 13.2. The Bertz CT molecular complexity index is 293. The van der Waals surface area contributed by atoms with Gasteiger partial charge >= 0.3 is 0 Å². The van der Waals surface area contributed by atoms with Crippen LogP contribution in [0.15, 0.2) is 30.3 Å². The zero-order valence-electron chi connectivity index (χ0n) is 10.4. The fraction of sp³-hybridized carbons (Fsp3) is 0.571. The second kappa shape index (κ2) is 6.02. The van der Waals surface area contributed by atoms with Crippen molar-refractivity contribution in [2.24, 2.45) is 0 Å². The minimum absolute atomic E-state index is 0.269. The predicted octanol–water partition coefficient (Wildman–Crippen LogP) is 2.75. The topological polar surface area (TPSA) is 29.5 Å². The Balaban J connectivity index is 2.62. The largest absolute Gasteiger partial charge is 0.390 e. The van der Waals surface area contributed by atoms with E-state index in [2.05, 4.69) is 6.92 Å². The third kappa shape index (κ3) is 3.32. The molecule has 16 heavy (non-hydrogen) atoms. The first-order valence-corrected chi connectivity index (χ1v) is 5.90. The highest BCUT2D eigenvalue weighted by molar-refractivity contribution is 5.24. The summed E-state index contributed by atoms with van der Waals surface area (Å²) in [6, 6.07) is 10.1. The number of benzene rings is 1. The number of rotatable bonds is 6. The third-order valence-electron chi connectivity index (χ3n) is 2.98. The molecule has 2 heteroatoms. The molecule has 1 aromatic rings. The van der Waals surface area contributed by atoms with E-state index in [1.54, 1.807) is 0 Å². The molecule has 1 unspecified atom stereocenters. The molecule has 0 bridgehead atoms. The molecule has 0 aliphatic carbocycles. The van der Waals surface area contributed by atoms with Gasteiger partial charge in [0.15, 0.2) is 0 Å². The smallest absolute Gasteiger partial charge is 0.0864 e. The van der Waals surface area contributed by atoms with Gasteiger partial charge in [-0.1, -0.05) is 51.1 Å². The summed E-state index contributed by atoms with van der Waals surface area (Å²) in [5.74, 6) is 0. The molecule has 0 aliphatic rings. The van der Waals surface area contributed by atoms with E-state index in [0.29, 0.717) is 13.2 Å². The fourth-order valence-electron chi connectivity index (χ4n) is 1.61. The van der Waals surface area contributed by atoms with Gasteiger partial charge in [-0.3, -0.25) is 0 Å². The van der Waals surface area contributed by atoms with Crippen LogP contribution in [0.2, 0.25) is 0 Å². The van der Waals surface area contributed by atoms with Crippen LogP contribution in [0, 0.1) is 0 Å². The molecule has 0 amide bonds. The fourth-order valence-corrected chi connectivity index (χ4v) is 1.61. The minimum atomic E-state index is -0.471. The lowest BCUT2D eigenvalue weighted by molar-refractivity contribution is 0.000567. The van der Waals surface area contributed by atoms with Crippen LogP contribution in [0.4, 0.5) is 0 Å². The van der Waals surface area contributed by atoms with Crippen molar-refractivity contribution in [1.82, 2.24) is 0 Å². The van der Waals surface area contributed by atoms with E-state index in [1.165, 1.54) is 0 Å². The maximum atomic E-state index is 10.1. The number of hydrogen-bond donors (Lipinski definition) is 1. The summed E-state index contributed by atoms with van der Waals surface area (Å²) < 4.78 is 5.40. The number of aliphatic hydroxyl groups excluding tert-OH is 1. The van der Waals surface area contributed by atoms with Crippen molar-refractivity contribution in [3.05, 3.63) is 35.9 Å². The second-order valence-electron chi connectivity index (χ2n) is 4.68. The number of hydrogen-bond acceptors (Lipinski definition) is 2. The van der Waals surface area contributed by atoms with Crippen LogP contribution in [-0.4, -0.2) is 24.4 Å². The number of ether oxygens (including phenoxy) is 1. The van der Waals surface area contributed by atoms with Crippen molar-refractivity contribution >= 4 is 0 Å². The Morgan fingerprint density at radius 2 is 1.88 bits per heavy atom. The molecule has 0 fully saturated rings. The summed E-state index contributed by atoms with van der Waals surface area (Å²) in [4.78, 5) is 0. The highest BCUT2D eigenvalue weighted by Gasteiger charge is 2.29. The van der Waals surface area contributed by atoms with Crippen LogP contribution in [0.25, 0.3) is 0 Å². The predicted molar refractivity (Wildman–Crippen MR) is 66.6 cm³/mol. The molecule has 0 aliphatic heterocycles. The molecule has 1 rings (SSSR count). The molecular weight excluding hydrogens is 200 g/mol. The Hall–Kier alpha value is -0.860. The molecule has 0 saturated heterocycles. The van der Waals surface area contributed by atoms with E-state index < -0.39 is 6.10 Å². The summed E-state index contributed by atoms with van der Waals surface area (Å²) in [6.45, 7) is 7.26. The van der Waals surface area contributed by atoms with Crippen LogP contribution in [0.3, 0.4) is 0 Å². The monoisotopic (exact) mass is 222 g/mol. The Morgan fingerprint density at radius 3 is 2.44 bits per heavy atom. The van der Waals surface area contributed by atoms with Crippen molar-refractivity contribution < 1.29 is 9.84 Å². The van der Waals surface area contributed by atoms with Gasteiger partial charge < -0.3 is 9.84 Å². The average Bonchev–Trinajstić information content (AvgIpc) is 2.30. The van der Waals surface area contributed by atoms with Crippen LogP contribution in [0.1, 0.15) is 32.8 Å². The Kier molecular flexibility index (Phi) is 4.97. The summed E-state index contributed by atoms with van der Waals surface area (Å²) in [5.41, 5.74) is 0.872. The van der Waals surface area contributed by atoms with Crippen molar-refractivity contribution in [3.8, 4) is 0 Å². The summed E-state index contributed by atoms with van der Waals surface area (Å²) in [5, 5.41) is 10.1. The van der Waals surface area contributed by atoms with Crippen LogP contribution >= 0.6 is 0 Å². The van der Waals surface area contributed by atoms with Crippen molar-refractivity contribution in [2.45, 2.75) is 38.7 Å². The molecule has 1 aromatic carbocycles. The molecule has 1 N–H and O–H groups in total. The maximum absolute atomic E-state index is 10.1. The molecule has 0 heterocycles. The molecule has 0 radical (unpaired) electrons. The second-order valence-corrected chi connectivity index (χ2v) is 4.68. The summed E-state index contributed by atoms with van der Waals surface area (Å²) in [7, 11) is 0. The molecular formula is C14H22O2. The molecule has 1 atom stereocenters. The van der Waals surface area contributed by atoms with Gasteiger partial charge in [0.25, 0.3) is 0 Å². The lowest BCUT2D eigenvalue weighted by atomic mass is 9.80. The third-order valence-corrected chi connectivity index (χ3v) is 2.98. The molecule has 90 valence electrons. The van der Waals surface area contributed by atoms with Gasteiger partial charge in [0.1, 0.15) is 0 Å². The Labute approximate surface area is 98.3 Å². The van der Waals surface area contributed by atoms with Gasteiger partial charge in [0.05, 0.1) is 12.7 Å². The average molecular weight is 222 g/mol. The zero-order chi connectivity index (χ0) is 12.0. The van der Waals surface area contributed by atoms with Crippen LogP contribution < -0.4 is 0 Å². The van der Waals surface area contributed by atoms with Crippen molar-refractivity contribution in [2.75, 3.05) is 13.2 Å². The van der Waals surface area contributed by atoms with Crippen molar-refractivity contribution in [1.29, 1.82) is 0 Å². The van der Waals surface area contributed by atoms with Gasteiger partial charge in [-0.2, -0.15) is 0 Å². The minimum Gasteiger partial charge on any atom is -0.390 e. The Morgan fingerprint density at radius 1 is 1.25 bits per heavy atom. The first-order valence-electron chi connectivity index (χ1n) is 5.90. The summed E-state index contributed by atoms with van der Waals surface area (Å²) in [6.07, 6.45) is 0.514. The quantitative estimate of drug-likeness (QED) is 0.750. The van der Waals surface area contributed by atoms with Crippen LogP contribution in [-0.2, 0) is 10.2 Å². The van der Waals surface area contributed by atoms with Gasteiger partial charge in [0.2, 0.25) is 0 Å². The lowest BCUT2D eigenvalue weighted by Crippen LogP contribution is -2.37. The standard InChI is InChI=1S/C14H22O2/c1-4-10-16-11-13(15)14(2,3)12-8-6-5-7-9-12/h5-9,13,15H,4,10-11H2,1-3H3. The SMILES string of the molecule is CCCOCC(O)C(C)(C)c1ccccc1. The maximum Gasteiger partial charge on any atom is 0.0864 e. The van der Waals surface area contributed by atoms with E-state index in [4.69, 9.17) is 4.74 Å². The molecule has 0 aromatic heterocycles. The van der Waals surface area contributed by atoms with Crippen molar-refractivity contribution in [3.63, 3.8) is 0 Å². The molecule has 0 saturated carbocycles. The lowest BCUT2D eigenvalue weighted by Gasteiger charge is -2.31. The van der Waals surface area contributed by atoms with E-state index in [1.807, 2.05) is 44.2 Å². The number of aliphatic hydroxyl groups is 1.